The van der Waals surface area contributed by atoms with E-state index in [0.29, 0.717) is 0 Å². The third-order valence-electron chi connectivity index (χ3n) is 3.06. The Balaban J connectivity index is 2.10. The predicted molar refractivity (Wildman–Crippen MR) is 72.0 cm³/mol. The number of halogens is 1. The summed E-state index contributed by atoms with van der Waals surface area (Å²) in [5, 5.41) is 12.7. The summed E-state index contributed by atoms with van der Waals surface area (Å²) in [6.45, 7) is 1.90. The molecule has 0 amide bonds. The Morgan fingerprint density at radius 3 is 2.58 bits per heavy atom. The lowest BCUT2D eigenvalue weighted by Crippen LogP contribution is -2.27. The fourth-order valence-electron chi connectivity index (χ4n) is 2.00. The van der Waals surface area contributed by atoms with Crippen molar-refractivity contribution in [2.24, 2.45) is 0 Å². The number of aromatic nitrogens is 1. The number of hydrogen-bond donors (Lipinski definition) is 2. The maximum absolute atomic E-state index is 13.1. The Morgan fingerprint density at radius 1 is 1.21 bits per heavy atom. The number of pyridine rings is 1. The molecule has 4 heteroatoms. The molecule has 3 nitrogen and oxygen atoms in total. The Kier molecular flexibility index (Phi) is 4.60. The fraction of sp³-hybridized carbons (Fsp3) is 0.267. The van der Waals surface area contributed by atoms with Gasteiger partial charge < -0.3 is 10.4 Å². The topological polar surface area (TPSA) is 45.1 Å². The lowest BCUT2D eigenvalue weighted by Gasteiger charge is -2.22. The molecule has 0 fully saturated rings. The van der Waals surface area contributed by atoms with Crippen LogP contribution in [0.1, 0.15) is 30.1 Å². The largest absolute Gasteiger partial charge is 0.394 e. The third kappa shape index (κ3) is 3.59. The first kappa shape index (κ1) is 13.6. The Labute approximate surface area is 112 Å². The van der Waals surface area contributed by atoms with E-state index in [1.807, 2.05) is 37.3 Å². The van der Waals surface area contributed by atoms with Crippen molar-refractivity contribution in [1.82, 2.24) is 10.3 Å². The zero-order valence-corrected chi connectivity index (χ0v) is 10.8. The van der Waals surface area contributed by atoms with Gasteiger partial charge in [0.25, 0.3) is 0 Å². The molecule has 0 saturated heterocycles. The number of aliphatic hydroxyl groups excluding tert-OH is 1. The minimum atomic E-state index is -0.355. The van der Waals surface area contributed by atoms with E-state index in [1.165, 1.54) is 12.3 Å². The van der Waals surface area contributed by atoms with Crippen molar-refractivity contribution in [3.8, 4) is 0 Å². The van der Waals surface area contributed by atoms with Gasteiger partial charge in [-0.05, 0) is 24.1 Å². The number of rotatable bonds is 5. The Bertz CT molecular complexity index is 519. The van der Waals surface area contributed by atoms with Crippen LogP contribution in [0.25, 0.3) is 0 Å². The van der Waals surface area contributed by atoms with E-state index in [1.54, 1.807) is 6.20 Å². The summed E-state index contributed by atoms with van der Waals surface area (Å²) in [4.78, 5) is 3.83. The molecule has 1 aromatic carbocycles. The number of nitrogens with zero attached hydrogens (tertiary/aromatic N) is 1. The zero-order chi connectivity index (χ0) is 13.7. The lowest BCUT2D eigenvalue weighted by molar-refractivity contribution is 0.235. The molecule has 19 heavy (non-hydrogen) atoms. The van der Waals surface area contributed by atoms with Crippen molar-refractivity contribution in [2.45, 2.75) is 19.0 Å². The molecule has 1 heterocycles. The molecule has 0 aliphatic rings. The summed E-state index contributed by atoms with van der Waals surface area (Å²) in [6, 6.07) is 10.8. The van der Waals surface area contributed by atoms with Gasteiger partial charge in [0, 0.05) is 12.2 Å². The molecule has 0 radical (unpaired) electrons. The van der Waals surface area contributed by atoms with Crippen molar-refractivity contribution in [2.75, 3.05) is 6.61 Å². The monoisotopic (exact) mass is 260 g/mol. The van der Waals surface area contributed by atoms with Crippen LogP contribution in [0.2, 0.25) is 0 Å². The smallest absolute Gasteiger partial charge is 0.141 e. The third-order valence-corrected chi connectivity index (χ3v) is 3.06. The average Bonchev–Trinajstić information content (AvgIpc) is 2.45. The summed E-state index contributed by atoms with van der Waals surface area (Å²) in [5.74, 6) is -0.355. The minimum absolute atomic E-state index is 0.0168. The van der Waals surface area contributed by atoms with Gasteiger partial charge in [-0.1, -0.05) is 30.3 Å². The number of benzene rings is 1. The summed E-state index contributed by atoms with van der Waals surface area (Å²) >= 11 is 0. The number of nitrogens with one attached hydrogen (secondary N) is 1. The molecular formula is C15H17FN2O. The number of hydrogen-bond acceptors (Lipinski definition) is 3. The van der Waals surface area contributed by atoms with Gasteiger partial charge in [-0.25, -0.2) is 4.39 Å². The van der Waals surface area contributed by atoms with Crippen molar-refractivity contribution >= 4 is 0 Å². The van der Waals surface area contributed by atoms with E-state index >= 15 is 0 Å². The molecule has 0 aliphatic carbocycles. The van der Waals surface area contributed by atoms with Gasteiger partial charge in [0.1, 0.15) is 5.82 Å². The quantitative estimate of drug-likeness (QED) is 0.868. The van der Waals surface area contributed by atoms with Gasteiger partial charge in [-0.3, -0.25) is 4.98 Å². The Morgan fingerprint density at radius 2 is 1.95 bits per heavy atom. The normalized spacial score (nSPS) is 14.1. The van der Waals surface area contributed by atoms with Crippen LogP contribution in [-0.4, -0.2) is 16.7 Å². The summed E-state index contributed by atoms with van der Waals surface area (Å²) < 4.78 is 13.1. The van der Waals surface area contributed by atoms with Crippen LogP contribution in [-0.2, 0) is 0 Å². The van der Waals surface area contributed by atoms with Crippen LogP contribution < -0.4 is 5.32 Å². The first-order chi connectivity index (χ1) is 9.20. The van der Waals surface area contributed by atoms with Crippen LogP contribution in [0.5, 0.6) is 0 Å². The zero-order valence-electron chi connectivity index (χ0n) is 10.8. The van der Waals surface area contributed by atoms with E-state index in [4.69, 9.17) is 0 Å². The van der Waals surface area contributed by atoms with Crippen molar-refractivity contribution in [3.63, 3.8) is 0 Å². The van der Waals surface area contributed by atoms with Crippen LogP contribution in [0, 0.1) is 5.82 Å². The highest BCUT2D eigenvalue weighted by molar-refractivity contribution is 5.21. The van der Waals surface area contributed by atoms with Crippen molar-refractivity contribution in [3.05, 3.63) is 65.7 Å². The van der Waals surface area contributed by atoms with Gasteiger partial charge in [-0.15, -0.1) is 0 Å². The average molecular weight is 260 g/mol. The standard InChI is InChI=1S/C15H17FN2O/c1-11(13-7-14(16)9-17-8-13)18-15(10-19)12-5-3-2-4-6-12/h2-9,11,15,18-19H,10H2,1H3/t11?,15-/m1/s1. The highest BCUT2D eigenvalue weighted by atomic mass is 19.1. The van der Waals surface area contributed by atoms with Crippen LogP contribution in [0.15, 0.2) is 48.8 Å². The molecule has 2 N–H and O–H groups in total. The van der Waals surface area contributed by atoms with Crippen molar-refractivity contribution < 1.29 is 9.50 Å². The molecule has 0 bridgehead atoms. The van der Waals surface area contributed by atoms with Crippen molar-refractivity contribution in [1.29, 1.82) is 0 Å². The highest BCUT2D eigenvalue weighted by Crippen LogP contribution is 2.19. The second-order valence-corrected chi connectivity index (χ2v) is 4.47. The van der Waals surface area contributed by atoms with Gasteiger partial charge in [-0.2, -0.15) is 0 Å². The fourth-order valence-corrected chi connectivity index (χ4v) is 2.00. The maximum atomic E-state index is 13.1. The molecule has 0 saturated carbocycles. The van der Waals surface area contributed by atoms with E-state index < -0.39 is 0 Å². The summed E-state index contributed by atoms with van der Waals surface area (Å²) in [6.07, 6.45) is 2.80. The first-order valence-corrected chi connectivity index (χ1v) is 6.23. The molecule has 2 rings (SSSR count). The Hall–Kier alpha value is -1.78. The molecule has 1 aromatic heterocycles. The molecular weight excluding hydrogens is 243 g/mol. The second kappa shape index (κ2) is 6.41. The first-order valence-electron chi connectivity index (χ1n) is 6.23. The van der Waals surface area contributed by atoms with Gasteiger partial charge >= 0.3 is 0 Å². The van der Waals surface area contributed by atoms with E-state index in [0.717, 1.165) is 11.1 Å². The second-order valence-electron chi connectivity index (χ2n) is 4.47. The van der Waals surface area contributed by atoms with E-state index in [9.17, 15) is 9.50 Å². The summed E-state index contributed by atoms with van der Waals surface area (Å²) in [5.41, 5.74) is 1.76. The SMILES string of the molecule is CC(N[C@H](CO)c1ccccc1)c1cncc(F)c1. The maximum Gasteiger partial charge on any atom is 0.141 e. The molecule has 2 aromatic rings. The lowest BCUT2D eigenvalue weighted by atomic mass is 10.0. The molecule has 0 spiro atoms. The molecule has 100 valence electrons. The van der Waals surface area contributed by atoms with Crippen LogP contribution >= 0.6 is 0 Å². The number of aliphatic hydroxyl groups is 1. The van der Waals surface area contributed by atoms with E-state index in [-0.39, 0.29) is 24.5 Å². The molecule has 1 unspecified atom stereocenters. The minimum Gasteiger partial charge on any atom is -0.394 e. The predicted octanol–water partition coefficient (Wildman–Crippen LogP) is 2.60. The van der Waals surface area contributed by atoms with Crippen LogP contribution in [0.4, 0.5) is 4.39 Å². The highest BCUT2D eigenvalue weighted by Gasteiger charge is 2.14. The van der Waals surface area contributed by atoms with Gasteiger partial charge in [0.15, 0.2) is 0 Å². The molecule has 2 atom stereocenters. The van der Waals surface area contributed by atoms with Crippen LogP contribution in [0.3, 0.4) is 0 Å². The van der Waals surface area contributed by atoms with E-state index in [2.05, 4.69) is 10.3 Å². The van der Waals surface area contributed by atoms with Gasteiger partial charge in [0.2, 0.25) is 0 Å². The molecule has 0 aliphatic heterocycles. The summed E-state index contributed by atoms with van der Waals surface area (Å²) in [7, 11) is 0. The van der Waals surface area contributed by atoms with Gasteiger partial charge in [0.05, 0.1) is 18.8 Å².